The van der Waals surface area contributed by atoms with Gasteiger partial charge in [0.1, 0.15) is 0 Å². The fourth-order valence-corrected chi connectivity index (χ4v) is 3.03. The minimum Gasteiger partial charge on any atom is -0.312 e. The average molecular weight is 253 g/mol. The van der Waals surface area contributed by atoms with Crippen LogP contribution < -0.4 is 5.32 Å². The van der Waals surface area contributed by atoms with Gasteiger partial charge < -0.3 is 5.32 Å². The van der Waals surface area contributed by atoms with Crippen molar-refractivity contribution in [1.82, 2.24) is 15.1 Å². The molecule has 0 aromatic heterocycles. The molecule has 0 aromatic carbocycles. The smallest absolute Gasteiger partial charge is 0.0193 e. The van der Waals surface area contributed by atoms with Gasteiger partial charge in [-0.25, -0.2) is 0 Å². The lowest BCUT2D eigenvalue weighted by molar-refractivity contribution is 0.0956. The van der Waals surface area contributed by atoms with Crippen LogP contribution in [-0.2, 0) is 0 Å². The number of hydrogen-bond acceptors (Lipinski definition) is 3. The largest absolute Gasteiger partial charge is 0.312 e. The van der Waals surface area contributed by atoms with E-state index >= 15 is 0 Å². The molecule has 0 radical (unpaired) electrons. The van der Waals surface area contributed by atoms with E-state index in [1.165, 1.54) is 51.9 Å². The molecule has 1 aliphatic carbocycles. The van der Waals surface area contributed by atoms with Crippen LogP contribution in [0, 0.1) is 0 Å². The van der Waals surface area contributed by atoms with E-state index in [1.54, 1.807) is 0 Å². The van der Waals surface area contributed by atoms with Crippen LogP contribution >= 0.6 is 0 Å². The van der Waals surface area contributed by atoms with E-state index in [2.05, 4.69) is 35.9 Å². The number of nitrogens with one attached hydrogen (secondary N) is 1. The molecule has 1 saturated heterocycles. The Kier molecular flexibility index (Phi) is 5.46. The summed E-state index contributed by atoms with van der Waals surface area (Å²) in [6, 6.07) is 2.34. The van der Waals surface area contributed by atoms with Gasteiger partial charge in [0.25, 0.3) is 0 Å². The summed E-state index contributed by atoms with van der Waals surface area (Å²) in [6.07, 6.45) is 5.40. The van der Waals surface area contributed by atoms with Crippen LogP contribution in [0.3, 0.4) is 0 Å². The van der Waals surface area contributed by atoms with Crippen LogP contribution in [0.2, 0.25) is 0 Å². The SMILES string of the molecule is CCC(CC)NCC(C)N1CCN(C2CC2)CC1. The molecule has 0 spiro atoms. The monoisotopic (exact) mass is 253 g/mol. The van der Waals surface area contributed by atoms with Gasteiger partial charge in [-0.1, -0.05) is 13.8 Å². The predicted octanol–water partition coefficient (Wildman–Crippen LogP) is 1.93. The summed E-state index contributed by atoms with van der Waals surface area (Å²) >= 11 is 0. The van der Waals surface area contributed by atoms with E-state index in [-0.39, 0.29) is 0 Å². The zero-order valence-corrected chi connectivity index (χ0v) is 12.5. The van der Waals surface area contributed by atoms with Gasteiger partial charge in [0.2, 0.25) is 0 Å². The standard InChI is InChI=1S/C15H31N3/c1-4-14(5-2)16-12-13(3)17-8-10-18(11-9-17)15-6-7-15/h13-16H,4-12H2,1-3H3. The lowest BCUT2D eigenvalue weighted by Gasteiger charge is -2.38. The predicted molar refractivity (Wildman–Crippen MR) is 78.0 cm³/mol. The van der Waals surface area contributed by atoms with Gasteiger partial charge >= 0.3 is 0 Å². The quantitative estimate of drug-likeness (QED) is 0.748. The highest BCUT2D eigenvalue weighted by atomic mass is 15.3. The molecule has 3 heteroatoms. The molecular weight excluding hydrogens is 222 g/mol. The van der Waals surface area contributed by atoms with Crippen molar-refractivity contribution in [2.24, 2.45) is 0 Å². The van der Waals surface area contributed by atoms with Gasteiger partial charge in [-0.2, -0.15) is 0 Å². The molecular formula is C15H31N3. The third kappa shape index (κ3) is 3.94. The van der Waals surface area contributed by atoms with Gasteiger partial charge in [-0.15, -0.1) is 0 Å². The maximum Gasteiger partial charge on any atom is 0.0193 e. The highest BCUT2D eigenvalue weighted by molar-refractivity contribution is 4.88. The molecule has 0 aromatic rings. The maximum absolute atomic E-state index is 3.71. The number of nitrogens with zero attached hydrogens (tertiary/aromatic N) is 2. The Morgan fingerprint density at radius 2 is 1.67 bits per heavy atom. The summed E-state index contributed by atoms with van der Waals surface area (Å²) < 4.78 is 0. The molecule has 18 heavy (non-hydrogen) atoms. The maximum atomic E-state index is 3.71. The first-order valence-corrected chi connectivity index (χ1v) is 7.96. The van der Waals surface area contributed by atoms with Crippen LogP contribution in [0.5, 0.6) is 0 Å². The van der Waals surface area contributed by atoms with E-state index in [0.717, 1.165) is 12.6 Å². The van der Waals surface area contributed by atoms with Gasteiger partial charge in [0, 0.05) is 50.8 Å². The van der Waals surface area contributed by atoms with E-state index in [1.807, 2.05) is 0 Å². The van der Waals surface area contributed by atoms with Crippen molar-refractivity contribution < 1.29 is 0 Å². The molecule has 3 nitrogen and oxygen atoms in total. The van der Waals surface area contributed by atoms with Crippen molar-refractivity contribution in [1.29, 1.82) is 0 Å². The fourth-order valence-electron chi connectivity index (χ4n) is 3.03. The zero-order valence-electron chi connectivity index (χ0n) is 12.5. The molecule has 2 rings (SSSR count). The highest BCUT2D eigenvalue weighted by Gasteiger charge is 2.31. The molecule has 2 fully saturated rings. The summed E-state index contributed by atoms with van der Waals surface area (Å²) in [4.78, 5) is 5.35. The summed E-state index contributed by atoms with van der Waals surface area (Å²) in [5.74, 6) is 0. The fraction of sp³-hybridized carbons (Fsp3) is 1.00. The van der Waals surface area contributed by atoms with E-state index in [4.69, 9.17) is 0 Å². The van der Waals surface area contributed by atoms with Crippen molar-refractivity contribution in [2.75, 3.05) is 32.7 Å². The van der Waals surface area contributed by atoms with E-state index in [0.29, 0.717) is 12.1 Å². The summed E-state index contributed by atoms with van der Waals surface area (Å²) in [5, 5.41) is 3.71. The van der Waals surface area contributed by atoms with Gasteiger partial charge in [-0.05, 0) is 32.6 Å². The Labute approximate surface area is 113 Å². The summed E-state index contributed by atoms with van der Waals surface area (Å²) in [7, 11) is 0. The van der Waals surface area contributed by atoms with Gasteiger partial charge in [0.15, 0.2) is 0 Å². The third-order valence-corrected chi connectivity index (χ3v) is 4.72. The highest BCUT2D eigenvalue weighted by Crippen LogP contribution is 2.27. The first-order valence-electron chi connectivity index (χ1n) is 7.96. The van der Waals surface area contributed by atoms with Gasteiger partial charge in [-0.3, -0.25) is 9.80 Å². The lowest BCUT2D eigenvalue weighted by atomic mass is 10.1. The number of rotatable bonds is 7. The van der Waals surface area contributed by atoms with Crippen LogP contribution in [0.25, 0.3) is 0 Å². The molecule has 1 N–H and O–H groups in total. The molecule has 106 valence electrons. The van der Waals surface area contributed by atoms with E-state index < -0.39 is 0 Å². The summed E-state index contributed by atoms with van der Waals surface area (Å²) in [5.41, 5.74) is 0. The molecule has 1 heterocycles. The Morgan fingerprint density at radius 3 is 2.17 bits per heavy atom. The van der Waals surface area contributed by atoms with Crippen LogP contribution in [0.1, 0.15) is 46.5 Å². The topological polar surface area (TPSA) is 18.5 Å². The normalized spacial score (nSPS) is 24.7. The minimum atomic E-state index is 0.687. The number of piperazine rings is 1. The Balaban J connectivity index is 1.65. The van der Waals surface area contributed by atoms with Crippen molar-refractivity contribution >= 4 is 0 Å². The Morgan fingerprint density at radius 1 is 1.06 bits per heavy atom. The minimum absolute atomic E-state index is 0.687. The molecule has 1 atom stereocenters. The van der Waals surface area contributed by atoms with Crippen molar-refractivity contribution in [2.45, 2.75) is 64.6 Å². The van der Waals surface area contributed by atoms with Crippen LogP contribution in [0.4, 0.5) is 0 Å². The lowest BCUT2D eigenvalue weighted by Crippen LogP contribution is -2.53. The van der Waals surface area contributed by atoms with Crippen molar-refractivity contribution in [3.63, 3.8) is 0 Å². The second-order valence-electron chi connectivity index (χ2n) is 6.07. The first kappa shape index (κ1) is 14.3. The van der Waals surface area contributed by atoms with Crippen LogP contribution in [-0.4, -0.2) is 60.6 Å². The second kappa shape index (κ2) is 6.88. The summed E-state index contributed by atoms with van der Waals surface area (Å²) in [6.45, 7) is 13.2. The molecule has 0 bridgehead atoms. The first-order chi connectivity index (χ1) is 8.74. The molecule has 1 saturated carbocycles. The molecule has 1 aliphatic heterocycles. The zero-order chi connectivity index (χ0) is 13.0. The third-order valence-electron chi connectivity index (χ3n) is 4.72. The molecule has 2 aliphatic rings. The van der Waals surface area contributed by atoms with Crippen molar-refractivity contribution in [3.8, 4) is 0 Å². The Bertz CT molecular complexity index is 228. The molecule has 1 unspecified atom stereocenters. The van der Waals surface area contributed by atoms with Crippen LogP contribution in [0.15, 0.2) is 0 Å². The van der Waals surface area contributed by atoms with Gasteiger partial charge in [0.05, 0.1) is 0 Å². The average Bonchev–Trinajstić information content (AvgIpc) is 3.24. The number of hydrogen-bond donors (Lipinski definition) is 1. The Hall–Kier alpha value is -0.120. The van der Waals surface area contributed by atoms with E-state index in [9.17, 15) is 0 Å². The second-order valence-corrected chi connectivity index (χ2v) is 6.07. The van der Waals surface area contributed by atoms with Crippen molar-refractivity contribution in [3.05, 3.63) is 0 Å². The molecule has 0 amide bonds.